The molecule has 2 nitrogen and oxygen atoms in total. The maximum atomic E-state index is 2.35. The van der Waals surface area contributed by atoms with Crippen molar-refractivity contribution in [1.82, 2.24) is 0 Å². The van der Waals surface area contributed by atoms with Gasteiger partial charge in [0.2, 0.25) is 0 Å². The normalized spacial score (nSPS) is 11.0. The second-order valence-corrected chi connectivity index (χ2v) is 10.6. The molecule has 0 aliphatic heterocycles. The average Bonchev–Trinajstić information content (AvgIpc) is 2.97. The zero-order chi connectivity index (χ0) is 27.6. The van der Waals surface area contributed by atoms with Gasteiger partial charge in [0, 0.05) is 34.1 Å². The lowest BCUT2D eigenvalue weighted by atomic mass is 9.98. The Hall–Kier alpha value is -4.82. The fourth-order valence-corrected chi connectivity index (χ4v) is 5.48. The van der Waals surface area contributed by atoms with Crippen molar-refractivity contribution >= 4 is 44.9 Å². The van der Waals surface area contributed by atoms with E-state index in [9.17, 15) is 0 Å². The Bertz CT molecular complexity index is 1620. The summed E-state index contributed by atoms with van der Waals surface area (Å²) in [6.45, 7) is 8.72. The molecule has 0 N–H and O–H groups in total. The molecule has 6 rings (SSSR count). The first-order chi connectivity index (χ1) is 19.5. The Balaban J connectivity index is 1.51. The Morgan fingerprint density at radius 1 is 0.325 bits per heavy atom. The van der Waals surface area contributed by atoms with Gasteiger partial charge in [-0.15, -0.1) is 0 Å². The van der Waals surface area contributed by atoms with Crippen LogP contribution in [0.5, 0.6) is 0 Å². The van der Waals surface area contributed by atoms with Gasteiger partial charge in [-0.2, -0.15) is 0 Å². The molecule has 196 valence electrons. The third-order valence-corrected chi connectivity index (χ3v) is 7.58. The van der Waals surface area contributed by atoms with E-state index >= 15 is 0 Å². The van der Waals surface area contributed by atoms with Crippen molar-refractivity contribution in [3.05, 3.63) is 156 Å². The lowest BCUT2D eigenvalue weighted by molar-refractivity contribution is 1.26. The largest absolute Gasteiger partial charge is 0.310 e. The second-order valence-electron chi connectivity index (χ2n) is 10.6. The highest BCUT2D eigenvalue weighted by atomic mass is 15.1. The molecular weight excluding hydrogens is 484 g/mol. The van der Waals surface area contributed by atoms with E-state index in [1.54, 1.807) is 0 Å². The zero-order valence-electron chi connectivity index (χ0n) is 23.6. The summed E-state index contributed by atoms with van der Waals surface area (Å²) < 4.78 is 0. The highest BCUT2D eigenvalue weighted by molar-refractivity contribution is 5.97. The van der Waals surface area contributed by atoms with Gasteiger partial charge in [-0.05, 0) is 122 Å². The van der Waals surface area contributed by atoms with Gasteiger partial charge in [-0.25, -0.2) is 0 Å². The minimum absolute atomic E-state index is 1.15. The van der Waals surface area contributed by atoms with Crippen LogP contribution in [-0.2, 0) is 0 Å². The molecule has 0 aliphatic carbocycles. The van der Waals surface area contributed by atoms with Crippen LogP contribution in [0.4, 0.5) is 34.1 Å². The number of nitrogens with zero attached hydrogens (tertiary/aromatic N) is 2. The quantitative estimate of drug-likeness (QED) is 0.216. The first-order valence-electron chi connectivity index (χ1n) is 13.9. The molecule has 6 aromatic rings. The van der Waals surface area contributed by atoms with E-state index in [1.165, 1.54) is 33.0 Å². The summed E-state index contributed by atoms with van der Waals surface area (Å²) in [5.74, 6) is 0. The Labute approximate surface area is 237 Å². The summed E-state index contributed by atoms with van der Waals surface area (Å²) in [6, 6.07) is 48.1. The molecule has 40 heavy (non-hydrogen) atoms. The average molecular weight is 519 g/mol. The van der Waals surface area contributed by atoms with E-state index in [4.69, 9.17) is 0 Å². The number of benzene rings is 6. The first kappa shape index (κ1) is 25.5. The molecule has 0 atom stereocenters. The minimum Gasteiger partial charge on any atom is -0.310 e. The summed E-state index contributed by atoms with van der Waals surface area (Å²) >= 11 is 0. The van der Waals surface area contributed by atoms with E-state index in [1.807, 2.05) is 0 Å². The van der Waals surface area contributed by atoms with Crippen LogP contribution in [0.15, 0.2) is 133 Å². The molecule has 0 bridgehead atoms. The Morgan fingerprint density at radius 3 is 1.00 bits per heavy atom. The lowest BCUT2D eigenvalue weighted by Gasteiger charge is -2.28. The molecule has 0 saturated carbocycles. The van der Waals surface area contributed by atoms with Crippen LogP contribution in [0.2, 0.25) is 0 Å². The number of rotatable bonds is 6. The van der Waals surface area contributed by atoms with E-state index < -0.39 is 0 Å². The van der Waals surface area contributed by atoms with Gasteiger partial charge in [-0.3, -0.25) is 0 Å². The van der Waals surface area contributed by atoms with Crippen LogP contribution >= 0.6 is 0 Å². The van der Waals surface area contributed by atoms with Crippen molar-refractivity contribution in [3.8, 4) is 0 Å². The summed E-state index contributed by atoms with van der Waals surface area (Å²) in [5, 5.41) is 2.53. The van der Waals surface area contributed by atoms with Crippen LogP contribution in [0, 0.1) is 27.7 Å². The number of anilines is 6. The highest BCUT2D eigenvalue weighted by Gasteiger charge is 2.18. The van der Waals surface area contributed by atoms with Gasteiger partial charge in [0.15, 0.2) is 0 Å². The van der Waals surface area contributed by atoms with E-state index in [0.717, 1.165) is 34.1 Å². The monoisotopic (exact) mass is 518 g/mol. The SMILES string of the molecule is Cc1ccc(N(c2ccccc2)c2cc(C)c3cc(N(c4ccccc4)c4ccc(C)cc4)cc(C)c3c2)cc1. The maximum absolute atomic E-state index is 2.35. The van der Waals surface area contributed by atoms with Gasteiger partial charge in [-0.1, -0.05) is 71.8 Å². The van der Waals surface area contributed by atoms with E-state index in [-0.39, 0.29) is 0 Å². The number of fused-ring (bicyclic) bond motifs is 1. The second kappa shape index (κ2) is 10.7. The number of hydrogen-bond donors (Lipinski definition) is 0. The summed E-state index contributed by atoms with van der Waals surface area (Å²) in [5.41, 5.74) is 11.9. The van der Waals surface area contributed by atoms with Gasteiger partial charge in [0.05, 0.1) is 0 Å². The Kier molecular flexibility index (Phi) is 6.84. The van der Waals surface area contributed by atoms with Gasteiger partial charge in [0.25, 0.3) is 0 Å². The molecular formula is C38H34N2. The van der Waals surface area contributed by atoms with Crippen molar-refractivity contribution in [3.63, 3.8) is 0 Å². The predicted octanol–water partition coefficient (Wildman–Crippen LogP) is 11.0. The molecule has 0 spiro atoms. The molecule has 0 radical (unpaired) electrons. The topological polar surface area (TPSA) is 6.48 Å². The highest BCUT2D eigenvalue weighted by Crippen LogP contribution is 2.41. The molecule has 6 aromatic carbocycles. The third kappa shape index (κ3) is 4.97. The molecule has 0 aliphatic rings. The van der Waals surface area contributed by atoms with E-state index in [0.29, 0.717) is 0 Å². The third-order valence-electron chi connectivity index (χ3n) is 7.58. The summed E-state index contributed by atoms with van der Waals surface area (Å²) in [7, 11) is 0. The number of aryl methyl sites for hydroxylation is 4. The zero-order valence-corrected chi connectivity index (χ0v) is 23.6. The number of para-hydroxylation sites is 2. The van der Waals surface area contributed by atoms with Crippen molar-refractivity contribution in [2.45, 2.75) is 27.7 Å². The Morgan fingerprint density at radius 2 is 0.650 bits per heavy atom. The van der Waals surface area contributed by atoms with Crippen molar-refractivity contribution in [2.24, 2.45) is 0 Å². The number of hydrogen-bond acceptors (Lipinski definition) is 2. The molecule has 0 unspecified atom stereocenters. The van der Waals surface area contributed by atoms with Crippen molar-refractivity contribution in [1.29, 1.82) is 0 Å². The first-order valence-corrected chi connectivity index (χ1v) is 13.9. The lowest BCUT2D eigenvalue weighted by Crippen LogP contribution is -2.11. The van der Waals surface area contributed by atoms with Gasteiger partial charge >= 0.3 is 0 Å². The predicted molar refractivity (Wildman–Crippen MR) is 172 cm³/mol. The van der Waals surface area contributed by atoms with Gasteiger partial charge < -0.3 is 9.80 Å². The smallest absolute Gasteiger partial charge is 0.0470 e. The standard InChI is InChI=1S/C38H34N2/c1-27-15-19-33(20-16-27)39(31-11-7-5-8-12-31)35-23-29(3)38-26-36(24-30(4)37(38)25-35)40(32-13-9-6-10-14-32)34-21-17-28(2)18-22-34/h5-26H,1-4H3. The van der Waals surface area contributed by atoms with Crippen LogP contribution in [0.3, 0.4) is 0 Å². The minimum atomic E-state index is 1.15. The van der Waals surface area contributed by atoms with E-state index in [2.05, 4.69) is 171 Å². The summed E-state index contributed by atoms with van der Waals surface area (Å²) in [6.07, 6.45) is 0. The molecule has 0 saturated heterocycles. The van der Waals surface area contributed by atoms with Crippen LogP contribution < -0.4 is 9.80 Å². The maximum Gasteiger partial charge on any atom is 0.0470 e. The van der Waals surface area contributed by atoms with Crippen LogP contribution in [0.25, 0.3) is 10.8 Å². The molecule has 0 heterocycles. The summed E-state index contributed by atoms with van der Waals surface area (Å²) in [4.78, 5) is 4.70. The van der Waals surface area contributed by atoms with Crippen molar-refractivity contribution in [2.75, 3.05) is 9.80 Å². The molecule has 0 aromatic heterocycles. The molecule has 0 amide bonds. The van der Waals surface area contributed by atoms with Crippen LogP contribution in [0.1, 0.15) is 22.3 Å². The fourth-order valence-electron chi connectivity index (χ4n) is 5.48. The van der Waals surface area contributed by atoms with Crippen molar-refractivity contribution < 1.29 is 0 Å². The molecule has 2 heteroatoms. The molecule has 0 fully saturated rings. The fraction of sp³-hybridized carbons (Fsp3) is 0.105. The van der Waals surface area contributed by atoms with Gasteiger partial charge in [0.1, 0.15) is 0 Å². The van der Waals surface area contributed by atoms with Crippen LogP contribution in [-0.4, -0.2) is 0 Å².